The van der Waals surface area contributed by atoms with E-state index >= 15 is 0 Å². The number of carbonyl (C=O) groups excluding carboxylic acids is 1. The molecule has 0 saturated heterocycles. The van der Waals surface area contributed by atoms with E-state index in [-0.39, 0.29) is 22.4 Å². The Morgan fingerprint density at radius 2 is 1.62 bits per heavy atom. The van der Waals surface area contributed by atoms with Crippen LogP contribution in [0.4, 0.5) is 0 Å². The molecule has 0 aliphatic heterocycles. The minimum atomic E-state index is -0.370. The number of ether oxygens (including phenoxy) is 1. The van der Waals surface area contributed by atoms with Gasteiger partial charge in [-0.25, -0.2) is 0 Å². The van der Waals surface area contributed by atoms with E-state index in [1.165, 1.54) is 32.1 Å². The van der Waals surface area contributed by atoms with Crippen LogP contribution in [-0.2, 0) is 9.53 Å². The molecule has 2 heteroatoms. The van der Waals surface area contributed by atoms with Crippen LogP contribution >= 0.6 is 0 Å². The maximum Gasteiger partial charge on any atom is 0.312 e. The first-order chi connectivity index (χ1) is 12.1. The van der Waals surface area contributed by atoms with Gasteiger partial charge in [0.15, 0.2) is 0 Å². The summed E-state index contributed by atoms with van der Waals surface area (Å²) in [6.45, 7) is 13.3. The van der Waals surface area contributed by atoms with Crippen molar-refractivity contribution in [1.82, 2.24) is 0 Å². The van der Waals surface area contributed by atoms with Gasteiger partial charge in [-0.1, -0.05) is 13.8 Å². The Hall–Kier alpha value is -0.530. The summed E-state index contributed by atoms with van der Waals surface area (Å²) in [7, 11) is 0. The van der Waals surface area contributed by atoms with E-state index in [1.807, 2.05) is 13.8 Å². The predicted octanol–water partition coefficient (Wildman–Crippen LogP) is 5.70. The monoisotopic (exact) mass is 358 g/mol. The summed E-state index contributed by atoms with van der Waals surface area (Å²) < 4.78 is 6.45. The predicted molar refractivity (Wildman–Crippen MR) is 103 cm³/mol. The fourth-order valence-corrected chi connectivity index (χ4v) is 9.14. The van der Waals surface area contributed by atoms with Crippen molar-refractivity contribution < 1.29 is 9.53 Å². The maximum absolute atomic E-state index is 13.0. The molecular weight excluding hydrogens is 320 g/mol. The maximum atomic E-state index is 13.0. The lowest BCUT2D eigenvalue weighted by Crippen LogP contribution is -2.75. The van der Waals surface area contributed by atoms with Gasteiger partial charge >= 0.3 is 5.97 Å². The third-order valence-electron chi connectivity index (χ3n) is 10.6. The number of carbonyl (C=O) groups is 1. The van der Waals surface area contributed by atoms with Crippen molar-refractivity contribution in [3.05, 3.63) is 0 Å². The van der Waals surface area contributed by atoms with Crippen LogP contribution in [0.25, 0.3) is 0 Å². The second-order valence-corrected chi connectivity index (χ2v) is 11.9. The number of hydrogen-bond donors (Lipinski definition) is 0. The molecule has 0 aromatic heterocycles. The highest BCUT2D eigenvalue weighted by atomic mass is 16.6. The van der Waals surface area contributed by atoms with Crippen LogP contribution in [-0.4, -0.2) is 11.6 Å². The van der Waals surface area contributed by atoms with Crippen molar-refractivity contribution >= 4 is 5.97 Å². The van der Waals surface area contributed by atoms with Crippen LogP contribution < -0.4 is 0 Å². The van der Waals surface area contributed by atoms with Gasteiger partial charge in [0.1, 0.15) is 5.60 Å². The van der Waals surface area contributed by atoms with E-state index in [0.717, 1.165) is 53.8 Å². The van der Waals surface area contributed by atoms with Gasteiger partial charge in [0.2, 0.25) is 0 Å². The molecule has 7 aliphatic carbocycles. The molecule has 2 nitrogen and oxygen atoms in total. The summed E-state index contributed by atoms with van der Waals surface area (Å²) in [5, 5.41) is 0. The van der Waals surface area contributed by atoms with Gasteiger partial charge in [-0.15, -0.1) is 0 Å². The molecule has 0 N–H and O–H groups in total. The standard InChI is InChI=1S/C24H38O2/c1-7-22(3,4)21(25)26-23(5,6)24-12-14-8-16-18(24)10-15-11-19(24)17(9-14)20(16)13(15)2/h13-20H,7-12H2,1-6H3. The van der Waals surface area contributed by atoms with E-state index in [1.54, 1.807) is 0 Å². The molecule has 7 saturated carbocycles. The lowest BCUT2D eigenvalue weighted by atomic mass is 9.27. The first-order valence-corrected chi connectivity index (χ1v) is 11.4. The highest BCUT2D eigenvalue weighted by Gasteiger charge is 2.75. The van der Waals surface area contributed by atoms with Gasteiger partial charge in [0, 0.05) is 5.41 Å². The van der Waals surface area contributed by atoms with E-state index in [0.29, 0.717) is 0 Å². The van der Waals surface area contributed by atoms with E-state index < -0.39 is 0 Å². The molecule has 7 fully saturated rings. The molecule has 0 heterocycles. The molecule has 7 rings (SSSR count). The zero-order valence-corrected chi connectivity index (χ0v) is 17.7. The van der Waals surface area contributed by atoms with Crippen LogP contribution in [0.5, 0.6) is 0 Å². The van der Waals surface area contributed by atoms with Gasteiger partial charge in [0.05, 0.1) is 5.41 Å². The SMILES string of the molecule is CCC(C)(C)C(=O)OC(C)(C)C12CC3CC4C5C(C)C(CC41)CC2C5C3. The molecule has 5 atom stereocenters. The number of rotatable bonds is 4. The summed E-state index contributed by atoms with van der Waals surface area (Å²) in [6, 6.07) is 0. The molecule has 0 spiro atoms. The normalized spacial score (nSPS) is 51.2. The fourth-order valence-electron chi connectivity index (χ4n) is 9.14. The highest BCUT2D eigenvalue weighted by molar-refractivity contribution is 5.76. The van der Waals surface area contributed by atoms with Gasteiger partial charge in [-0.05, 0) is 114 Å². The third kappa shape index (κ3) is 1.88. The molecule has 5 unspecified atom stereocenters. The van der Waals surface area contributed by atoms with Crippen LogP contribution in [0.3, 0.4) is 0 Å². The number of hydrogen-bond acceptors (Lipinski definition) is 2. The van der Waals surface area contributed by atoms with Gasteiger partial charge in [-0.2, -0.15) is 0 Å². The quantitative estimate of drug-likeness (QED) is 0.603. The minimum Gasteiger partial charge on any atom is -0.459 e. The lowest BCUT2D eigenvalue weighted by Gasteiger charge is -2.78. The molecular formula is C24H38O2. The highest BCUT2D eigenvalue weighted by Crippen LogP contribution is 2.79. The van der Waals surface area contributed by atoms with Crippen LogP contribution in [0.1, 0.15) is 80.1 Å². The summed E-state index contributed by atoms with van der Waals surface area (Å²) >= 11 is 0. The summed E-state index contributed by atoms with van der Waals surface area (Å²) in [5.41, 5.74) is -0.431. The lowest BCUT2D eigenvalue weighted by molar-refractivity contribution is -0.321. The Morgan fingerprint density at radius 3 is 2.15 bits per heavy atom. The van der Waals surface area contributed by atoms with E-state index in [9.17, 15) is 4.79 Å². The molecule has 0 aromatic carbocycles. The summed E-state index contributed by atoms with van der Waals surface area (Å²) in [6.07, 6.45) is 7.95. The van der Waals surface area contributed by atoms with Crippen LogP contribution in [0.2, 0.25) is 0 Å². The Kier molecular flexibility index (Phi) is 3.44. The van der Waals surface area contributed by atoms with Crippen LogP contribution in [0.15, 0.2) is 0 Å². The first-order valence-electron chi connectivity index (χ1n) is 11.4. The van der Waals surface area contributed by atoms with Gasteiger partial charge < -0.3 is 4.74 Å². The van der Waals surface area contributed by atoms with E-state index in [4.69, 9.17) is 4.74 Å². The zero-order chi connectivity index (χ0) is 18.6. The van der Waals surface area contributed by atoms with Crippen LogP contribution in [0, 0.1) is 58.2 Å². The van der Waals surface area contributed by atoms with Gasteiger partial charge in [0.25, 0.3) is 0 Å². The van der Waals surface area contributed by atoms with Crippen molar-refractivity contribution in [3.8, 4) is 0 Å². The van der Waals surface area contributed by atoms with E-state index in [2.05, 4.69) is 27.7 Å². The van der Waals surface area contributed by atoms with Crippen molar-refractivity contribution in [3.63, 3.8) is 0 Å². The molecule has 0 amide bonds. The zero-order valence-electron chi connectivity index (χ0n) is 17.7. The molecule has 0 radical (unpaired) electrons. The minimum absolute atomic E-state index is 0.0253. The Balaban J connectivity index is 1.54. The number of esters is 1. The largest absolute Gasteiger partial charge is 0.459 e. The molecule has 0 aromatic rings. The summed E-state index contributed by atoms with van der Waals surface area (Å²) in [4.78, 5) is 13.0. The molecule has 146 valence electrons. The average molecular weight is 359 g/mol. The Labute approximate surface area is 159 Å². The summed E-state index contributed by atoms with van der Waals surface area (Å²) in [5.74, 6) is 7.27. The van der Waals surface area contributed by atoms with Crippen molar-refractivity contribution in [1.29, 1.82) is 0 Å². The molecule has 8 bridgehead atoms. The first kappa shape index (κ1) is 17.6. The third-order valence-corrected chi connectivity index (χ3v) is 10.6. The topological polar surface area (TPSA) is 26.3 Å². The second-order valence-electron chi connectivity index (χ2n) is 11.9. The second kappa shape index (κ2) is 5.09. The van der Waals surface area contributed by atoms with Gasteiger partial charge in [-0.3, -0.25) is 4.79 Å². The van der Waals surface area contributed by atoms with Crippen molar-refractivity contribution in [2.24, 2.45) is 58.2 Å². The molecule has 7 aliphatic rings. The fraction of sp³-hybridized carbons (Fsp3) is 0.958. The Bertz CT molecular complexity index is 608. The van der Waals surface area contributed by atoms with Crippen molar-refractivity contribution in [2.45, 2.75) is 85.7 Å². The average Bonchev–Trinajstić information content (AvgIpc) is 2.59. The van der Waals surface area contributed by atoms with Crippen molar-refractivity contribution in [2.75, 3.05) is 0 Å². The smallest absolute Gasteiger partial charge is 0.312 e. The Morgan fingerprint density at radius 1 is 1.04 bits per heavy atom. The molecule has 26 heavy (non-hydrogen) atoms.